The Bertz CT molecular complexity index is 1010. The van der Waals surface area contributed by atoms with Crippen LogP contribution in [-0.4, -0.2) is 47.2 Å². The Kier molecular flexibility index (Phi) is 5.44. The molecule has 0 spiro atoms. The van der Waals surface area contributed by atoms with E-state index >= 15 is 0 Å². The molecule has 1 aliphatic heterocycles. The Labute approximate surface area is 160 Å². The highest BCUT2D eigenvalue weighted by Crippen LogP contribution is 2.40. The van der Waals surface area contributed by atoms with Crippen molar-refractivity contribution in [2.75, 3.05) is 32.5 Å². The van der Waals surface area contributed by atoms with Crippen molar-refractivity contribution in [2.45, 2.75) is 17.4 Å². The number of likely N-dealkylation sites (N-methyl/N-ethyl adjacent to an activating group) is 1. The van der Waals surface area contributed by atoms with Crippen molar-refractivity contribution in [1.82, 2.24) is 4.90 Å². The van der Waals surface area contributed by atoms with Crippen molar-refractivity contribution < 1.29 is 31.1 Å². The van der Waals surface area contributed by atoms with E-state index in [1.165, 1.54) is 13.2 Å². The maximum Gasteiger partial charge on any atom is 0.265 e. The highest BCUT2D eigenvalue weighted by Gasteiger charge is 2.29. The molecule has 0 amide bonds. The van der Waals surface area contributed by atoms with E-state index < -0.39 is 32.4 Å². The SMILES string of the molecule is COc1ccc(NS(=O)(=O)c2cc(F)c(F)cc2F)c2c1C[C@@H](N(C)C)CO2. The van der Waals surface area contributed by atoms with Crippen molar-refractivity contribution in [3.05, 3.63) is 47.3 Å². The number of halogens is 3. The van der Waals surface area contributed by atoms with Crippen LogP contribution in [0.15, 0.2) is 29.2 Å². The second kappa shape index (κ2) is 7.51. The summed E-state index contributed by atoms with van der Waals surface area (Å²) in [6, 6.07) is 3.50. The van der Waals surface area contributed by atoms with Gasteiger partial charge < -0.3 is 14.4 Å². The van der Waals surface area contributed by atoms with Crippen LogP contribution in [0.3, 0.4) is 0 Å². The lowest BCUT2D eigenvalue weighted by atomic mass is 10.00. The molecule has 0 saturated heterocycles. The predicted octanol–water partition coefficient (Wildman–Crippen LogP) is 2.78. The third-order valence-electron chi connectivity index (χ3n) is 4.54. The van der Waals surface area contributed by atoms with Crippen LogP contribution in [0.2, 0.25) is 0 Å². The summed E-state index contributed by atoms with van der Waals surface area (Å²) < 4.78 is 78.9. The van der Waals surface area contributed by atoms with Crippen LogP contribution in [0.25, 0.3) is 0 Å². The van der Waals surface area contributed by atoms with Crippen LogP contribution in [-0.2, 0) is 16.4 Å². The van der Waals surface area contributed by atoms with E-state index in [-0.39, 0.29) is 23.5 Å². The zero-order valence-electron chi connectivity index (χ0n) is 15.4. The number of hydrogen-bond acceptors (Lipinski definition) is 5. The number of ether oxygens (including phenoxy) is 2. The first-order valence-electron chi connectivity index (χ1n) is 8.30. The third-order valence-corrected chi connectivity index (χ3v) is 5.92. The normalized spacial score (nSPS) is 16.5. The maximum absolute atomic E-state index is 13.9. The summed E-state index contributed by atoms with van der Waals surface area (Å²) in [5.74, 6) is -3.57. The van der Waals surface area contributed by atoms with Gasteiger partial charge in [-0.2, -0.15) is 0 Å². The lowest BCUT2D eigenvalue weighted by molar-refractivity contribution is 0.164. The van der Waals surface area contributed by atoms with Crippen LogP contribution < -0.4 is 14.2 Å². The molecule has 1 N–H and O–H groups in total. The van der Waals surface area contributed by atoms with Gasteiger partial charge in [-0.1, -0.05) is 0 Å². The third kappa shape index (κ3) is 3.74. The Hall–Kier alpha value is -2.46. The number of nitrogens with one attached hydrogen (secondary N) is 1. The standard InChI is InChI=1S/C18H19F3N2O4S/c1-23(2)10-6-11-16(26-3)5-4-15(18(11)27-9-10)22-28(24,25)17-8-13(20)12(19)7-14(17)21/h4-5,7-8,10,22H,6,9H2,1-3H3/t10-/m1/s1. The van der Waals surface area contributed by atoms with Crippen molar-refractivity contribution >= 4 is 15.7 Å². The Balaban J connectivity index is 2.02. The molecular formula is C18H19F3N2O4S. The molecule has 0 saturated carbocycles. The number of fused-ring (bicyclic) bond motifs is 1. The Morgan fingerprint density at radius 3 is 2.46 bits per heavy atom. The lowest BCUT2D eigenvalue weighted by Gasteiger charge is -2.32. The van der Waals surface area contributed by atoms with Gasteiger partial charge in [0.2, 0.25) is 0 Å². The summed E-state index contributed by atoms with van der Waals surface area (Å²) >= 11 is 0. The predicted molar refractivity (Wildman–Crippen MR) is 96.8 cm³/mol. The second-order valence-electron chi connectivity index (χ2n) is 6.56. The van der Waals surface area contributed by atoms with Gasteiger partial charge in [-0.05, 0) is 32.6 Å². The quantitative estimate of drug-likeness (QED) is 0.760. The van der Waals surface area contributed by atoms with Gasteiger partial charge in [0.05, 0.1) is 12.8 Å². The second-order valence-corrected chi connectivity index (χ2v) is 8.21. The van der Waals surface area contributed by atoms with E-state index in [2.05, 4.69) is 4.72 Å². The first-order chi connectivity index (χ1) is 13.1. The number of methoxy groups -OCH3 is 1. The van der Waals surface area contributed by atoms with E-state index in [1.54, 1.807) is 6.07 Å². The Morgan fingerprint density at radius 1 is 1.14 bits per heavy atom. The fourth-order valence-corrected chi connectivity index (χ4v) is 4.09. The smallest absolute Gasteiger partial charge is 0.265 e. The fraction of sp³-hybridized carbons (Fsp3) is 0.333. The minimum atomic E-state index is -4.53. The molecule has 3 rings (SSSR count). The van der Waals surface area contributed by atoms with Crippen LogP contribution in [0.4, 0.5) is 18.9 Å². The van der Waals surface area contributed by atoms with Crippen LogP contribution in [0.1, 0.15) is 5.56 Å². The number of rotatable bonds is 5. The van der Waals surface area contributed by atoms with Gasteiger partial charge in [0.25, 0.3) is 10.0 Å². The number of sulfonamides is 1. The van der Waals surface area contributed by atoms with E-state index in [9.17, 15) is 21.6 Å². The molecule has 10 heteroatoms. The first kappa shape index (κ1) is 20.3. The van der Waals surface area contributed by atoms with Crippen LogP contribution >= 0.6 is 0 Å². The summed E-state index contributed by atoms with van der Waals surface area (Å²) in [6.45, 7) is 0.307. The van der Waals surface area contributed by atoms with Crippen molar-refractivity contribution in [2.24, 2.45) is 0 Å². The van der Waals surface area contributed by atoms with Gasteiger partial charge in [0.1, 0.15) is 28.8 Å². The van der Waals surface area contributed by atoms with Crippen LogP contribution in [0.5, 0.6) is 11.5 Å². The van der Waals surface area contributed by atoms with E-state index in [4.69, 9.17) is 9.47 Å². The summed E-state index contributed by atoms with van der Waals surface area (Å²) in [4.78, 5) is 0.966. The highest BCUT2D eigenvalue weighted by molar-refractivity contribution is 7.92. The molecule has 152 valence electrons. The first-order valence-corrected chi connectivity index (χ1v) is 9.78. The molecule has 0 unspecified atom stereocenters. The lowest BCUT2D eigenvalue weighted by Crippen LogP contribution is -2.38. The molecule has 2 aromatic carbocycles. The highest BCUT2D eigenvalue weighted by atomic mass is 32.2. The monoisotopic (exact) mass is 416 g/mol. The molecule has 0 fully saturated rings. The molecule has 2 aromatic rings. The molecular weight excluding hydrogens is 397 g/mol. The molecule has 28 heavy (non-hydrogen) atoms. The number of nitrogens with zero attached hydrogens (tertiary/aromatic N) is 1. The van der Waals surface area contributed by atoms with E-state index in [0.29, 0.717) is 30.4 Å². The molecule has 1 heterocycles. The van der Waals surface area contributed by atoms with E-state index in [1.807, 2.05) is 19.0 Å². The minimum absolute atomic E-state index is 0.0527. The average Bonchev–Trinajstić information content (AvgIpc) is 2.64. The number of hydrogen-bond donors (Lipinski definition) is 1. The molecule has 0 aromatic heterocycles. The number of benzene rings is 2. The van der Waals surface area contributed by atoms with Gasteiger partial charge in [0.15, 0.2) is 11.6 Å². The summed E-state index contributed by atoms with van der Waals surface area (Å²) in [6.07, 6.45) is 0.542. The van der Waals surface area contributed by atoms with Gasteiger partial charge in [-0.15, -0.1) is 0 Å². The van der Waals surface area contributed by atoms with Gasteiger partial charge in [0, 0.05) is 23.7 Å². The fourth-order valence-electron chi connectivity index (χ4n) is 2.96. The van der Waals surface area contributed by atoms with E-state index in [0.717, 1.165) is 0 Å². The van der Waals surface area contributed by atoms with Crippen molar-refractivity contribution in [3.63, 3.8) is 0 Å². The van der Waals surface area contributed by atoms with Gasteiger partial charge >= 0.3 is 0 Å². The van der Waals surface area contributed by atoms with Gasteiger partial charge in [-0.25, -0.2) is 21.6 Å². The largest absolute Gasteiger partial charge is 0.496 e. The molecule has 1 atom stereocenters. The van der Waals surface area contributed by atoms with Crippen LogP contribution in [0, 0.1) is 17.5 Å². The number of anilines is 1. The summed E-state index contributed by atoms with van der Waals surface area (Å²) in [7, 11) is 0.738. The average molecular weight is 416 g/mol. The van der Waals surface area contributed by atoms with Crippen molar-refractivity contribution in [3.8, 4) is 11.5 Å². The molecule has 0 aliphatic carbocycles. The maximum atomic E-state index is 13.9. The van der Waals surface area contributed by atoms with Gasteiger partial charge in [-0.3, -0.25) is 4.72 Å². The molecule has 0 radical (unpaired) electrons. The molecule has 0 bridgehead atoms. The van der Waals surface area contributed by atoms with Crippen molar-refractivity contribution in [1.29, 1.82) is 0 Å². The molecule has 1 aliphatic rings. The topological polar surface area (TPSA) is 67.9 Å². The summed E-state index contributed by atoms with van der Waals surface area (Å²) in [5, 5.41) is 0. The minimum Gasteiger partial charge on any atom is -0.496 e. The zero-order valence-corrected chi connectivity index (χ0v) is 16.2. The zero-order chi connectivity index (χ0) is 20.6. The Morgan fingerprint density at radius 2 is 1.82 bits per heavy atom. The summed E-state index contributed by atoms with van der Waals surface area (Å²) in [5.41, 5.74) is 0.704. The molecule has 6 nitrogen and oxygen atoms in total.